The van der Waals surface area contributed by atoms with Gasteiger partial charge < -0.3 is 15.6 Å². The number of rotatable bonds is 6. The first-order chi connectivity index (χ1) is 5.76. The van der Waals surface area contributed by atoms with Gasteiger partial charge in [-0.1, -0.05) is 0 Å². The number of ether oxygens (including phenoxy) is 1. The SMILES string of the molecule is CCOC(O)C(C#N)CCCN. The number of nitriles is 1. The van der Waals surface area contributed by atoms with Crippen LogP contribution in [-0.4, -0.2) is 24.5 Å². The van der Waals surface area contributed by atoms with E-state index in [2.05, 4.69) is 0 Å². The fourth-order valence-corrected chi connectivity index (χ4v) is 0.896. The van der Waals surface area contributed by atoms with Crippen LogP contribution in [0.2, 0.25) is 0 Å². The van der Waals surface area contributed by atoms with Crippen LogP contribution in [0.5, 0.6) is 0 Å². The van der Waals surface area contributed by atoms with Crippen molar-refractivity contribution >= 4 is 0 Å². The summed E-state index contributed by atoms with van der Waals surface area (Å²) >= 11 is 0. The molecule has 0 heterocycles. The summed E-state index contributed by atoms with van der Waals surface area (Å²) in [6.07, 6.45) is 0.364. The average Bonchev–Trinajstić information content (AvgIpc) is 2.06. The third-order valence-corrected chi connectivity index (χ3v) is 1.57. The predicted octanol–water partition coefficient (Wildman–Crippen LogP) is 0.220. The van der Waals surface area contributed by atoms with E-state index in [1.165, 1.54) is 0 Å². The molecule has 2 atom stereocenters. The number of hydrogen-bond donors (Lipinski definition) is 2. The molecule has 0 aliphatic carbocycles. The van der Waals surface area contributed by atoms with Gasteiger partial charge in [0.2, 0.25) is 0 Å². The highest BCUT2D eigenvalue weighted by atomic mass is 16.6. The van der Waals surface area contributed by atoms with E-state index >= 15 is 0 Å². The maximum Gasteiger partial charge on any atom is 0.170 e. The van der Waals surface area contributed by atoms with Gasteiger partial charge in [0.15, 0.2) is 6.29 Å². The maximum atomic E-state index is 9.25. The Balaban J connectivity index is 3.73. The molecule has 0 aromatic heterocycles. The molecule has 0 bridgehead atoms. The van der Waals surface area contributed by atoms with E-state index < -0.39 is 12.2 Å². The third kappa shape index (κ3) is 4.29. The molecule has 0 fully saturated rings. The van der Waals surface area contributed by atoms with Gasteiger partial charge in [0.1, 0.15) is 0 Å². The lowest BCUT2D eigenvalue weighted by Crippen LogP contribution is -2.23. The first-order valence-electron chi connectivity index (χ1n) is 4.15. The van der Waals surface area contributed by atoms with Crippen LogP contribution in [0.15, 0.2) is 0 Å². The normalized spacial score (nSPS) is 15.2. The highest BCUT2D eigenvalue weighted by Crippen LogP contribution is 2.10. The molecule has 12 heavy (non-hydrogen) atoms. The van der Waals surface area contributed by atoms with E-state index in [0.29, 0.717) is 19.6 Å². The van der Waals surface area contributed by atoms with E-state index in [4.69, 9.17) is 15.7 Å². The summed E-state index contributed by atoms with van der Waals surface area (Å²) in [6.45, 7) is 2.74. The fourth-order valence-electron chi connectivity index (χ4n) is 0.896. The van der Waals surface area contributed by atoms with Gasteiger partial charge in [-0.2, -0.15) is 5.26 Å². The third-order valence-electron chi connectivity index (χ3n) is 1.57. The van der Waals surface area contributed by atoms with Crippen LogP contribution in [0.3, 0.4) is 0 Å². The minimum absolute atomic E-state index is 0.419. The van der Waals surface area contributed by atoms with E-state index in [9.17, 15) is 5.11 Å². The molecule has 0 saturated heterocycles. The number of hydrogen-bond acceptors (Lipinski definition) is 4. The molecule has 0 amide bonds. The highest BCUT2D eigenvalue weighted by molar-refractivity contribution is 4.84. The molecule has 4 heteroatoms. The zero-order valence-electron chi connectivity index (χ0n) is 7.36. The van der Waals surface area contributed by atoms with Gasteiger partial charge >= 0.3 is 0 Å². The zero-order valence-corrected chi connectivity index (χ0v) is 7.36. The summed E-state index contributed by atoms with van der Waals surface area (Å²) in [5.74, 6) is -0.450. The number of aliphatic hydroxyl groups excluding tert-OH is 1. The molecule has 0 aliphatic heterocycles. The van der Waals surface area contributed by atoms with Crippen LogP contribution in [-0.2, 0) is 4.74 Å². The number of nitrogens with zero attached hydrogens (tertiary/aromatic N) is 1. The molecular weight excluding hydrogens is 156 g/mol. The van der Waals surface area contributed by atoms with Crippen LogP contribution in [0.4, 0.5) is 0 Å². The Morgan fingerprint density at radius 2 is 2.33 bits per heavy atom. The summed E-state index contributed by atoms with van der Waals surface area (Å²) in [6, 6.07) is 1.99. The first kappa shape index (κ1) is 11.4. The molecule has 3 N–H and O–H groups in total. The van der Waals surface area contributed by atoms with Crippen molar-refractivity contribution in [3.05, 3.63) is 0 Å². The van der Waals surface area contributed by atoms with Crippen LogP contribution in [0.1, 0.15) is 19.8 Å². The molecule has 0 spiro atoms. The van der Waals surface area contributed by atoms with E-state index in [0.717, 1.165) is 6.42 Å². The van der Waals surface area contributed by atoms with Crippen molar-refractivity contribution in [3.8, 4) is 6.07 Å². The maximum absolute atomic E-state index is 9.25. The van der Waals surface area contributed by atoms with Crippen molar-refractivity contribution < 1.29 is 9.84 Å². The van der Waals surface area contributed by atoms with Crippen molar-refractivity contribution in [1.82, 2.24) is 0 Å². The summed E-state index contributed by atoms with van der Waals surface area (Å²) in [5, 5.41) is 17.9. The molecule has 0 aromatic rings. The van der Waals surface area contributed by atoms with Crippen molar-refractivity contribution in [1.29, 1.82) is 5.26 Å². The van der Waals surface area contributed by atoms with Crippen LogP contribution in [0, 0.1) is 17.2 Å². The van der Waals surface area contributed by atoms with Crippen molar-refractivity contribution in [2.45, 2.75) is 26.1 Å². The Morgan fingerprint density at radius 1 is 1.67 bits per heavy atom. The number of aliphatic hydroxyl groups is 1. The number of nitrogens with two attached hydrogens (primary N) is 1. The van der Waals surface area contributed by atoms with Crippen LogP contribution in [0.25, 0.3) is 0 Å². The second kappa shape index (κ2) is 7.04. The van der Waals surface area contributed by atoms with Gasteiger partial charge in [-0.15, -0.1) is 0 Å². The van der Waals surface area contributed by atoms with E-state index in [1.807, 2.05) is 6.07 Å². The molecule has 4 nitrogen and oxygen atoms in total. The minimum Gasteiger partial charge on any atom is -0.367 e. The quantitative estimate of drug-likeness (QED) is 0.562. The lowest BCUT2D eigenvalue weighted by Gasteiger charge is -2.15. The van der Waals surface area contributed by atoms with Gasteiger partial charge in [-0.25, -0.2) is 0 Å². The molecule has 70 valence electrons. The molecule has 0 radical (unpaired) electrons. The fraction of sp³-hybridized carbons (Fsp3) is 0.875. The lowest BCUT2D eigenvalue weighted by molar-refractivity contribution is -0.119. The Bertz CT molecular complexity index is 144. The Hall–Kier alpha value is -0.630. The Morgan fingerprint density at radius 3 is 2.75 bits per heavy atom. The van der Waals surface area contributed by atoms with Gasteiger partial charge in [0.25, 0.3) is 0 Å². The molecule has 0 aliphatic rings. The van der Waals surface area contributed by atoms with Gasteiger partial charge in [-0.05, 0) is 26.3 Å². The average molecular weight is 172 g/mol. The Labute approximate surface area is 72.9 Å². The van der Waals surface area contributed by atoms with Crippen molar-refractivity contribution in [3.63, 3.8) is 0 Å². The van der Waals surface area contributed by atoms with Gasteiger partial charge in [0, 0.05) is 6.61 Å². The van der Waals surface area contributed by atoms with E-state index in [-0.39, 0.29) is 0 Å². The summed E-state index contributed by atoms with van der Waals surface area (Å²) in [4.78, 5) is 0. The topological polar surface area (TPSA) is 79.3 Å². The van der Waals surface area contributed by atoms with Crippen molar-refractivity contribution in [2.75, 3.05) is 13.2 Å². The van der Waals surface area contributed by atoms with Crippen molar-refractivity contribution in [2.24, 2.45) is 11.7 Å². The monoisotopic (exact) mass is 172 g/mol. The van der Waals surface area contributed by atoms with E-state index in [1.54, 1.807) is 6.92 Å². The Kier molecular flexibility index (Phi) is 6.67. The smallest absolute Gasteiger partial charge is 0.170 e. The molecule has 0 rings (SSSR count). The molecule has 2 unspecified atom stereocenters. The second-order valence-electron chi connectivity index (χ2n) is 2.51. The second-order valence-corrected chi connectivity index (χ2v) is 2.51. The first-order valence-corrected chi connectivity index (χ1v) is 4.15. The van der Waals surface area contributed by atoms with Crippen LogP contribution < -0.4 is 5.73 Å². The van der Waals surface area contributed by atoms with Gasteiger partial charge in [0.05, 0.1) is 12.0 Å². The predicted molar refractivity (Wildman–Crippen MR) is 45.0 cm³/mol. The highest BCUT2D eigenvalue weighted by Gasteiger charge is 2.17. The molecule has 0 aromatic carbocycles. The van der Waals surface area contributed by atoms with Crippen LogP contribution >= 0.6 is 0 Å². The molecular formula is C8H16N2O2. The lowest BCUT2D eigenvalue weighted by atomic mass is 10.0. The minimum atomic E-state index is -0.966. The summed E-state index contributed by atoms with van der Waals surface area (Å²) in [5.41, 5.74) is 5.27. The zero-order chi connectivity index (χ0) is 9.40. The standard InChI is InChI=1S/C8H16N2O2/c1-2-12-8(11)7(6-10)4-3-5-9/h7-8,11H,2-5,9H2,1H3. The van der Waals surface area contributed by atoms with Gasteiger partial charge in [-0.3, -0.25) is 0 Å². The molecule has 0 saturated carbocycles. The largest absolute Gasteiger partial charge is 0.367 e. The summed E-state index contributed by atoms with van der Waals surface area (Å²) in [7, 11) is 0. The summed E-state index contributed by atoms with van der Waals surface area (Å²) < 4.78 is 4.88.